The van der Waals surface area contributed by atoms with E-state index in [1.807, 2.05) is 0 Å². The van der Waals surface area contributed by atoms with Gasteiger partial charge in [-0.15, -0.1) is 0 Å². The van der Waals surface area contributed by atoms with Crippen LogP contribution in [0.25, 0.3) is 0 Å². The molecule has 0 atom stereocenters. The lowest BCUT2D eigenvalue weighted by molar-refractivity contribution is 0.374. The van der Waals surface area contributed by atoms with Gasteiger partial charge < -0.3 is 15.6 Å². The number of nitrogens with zero attached hydrogens (tertiary/aromatic N) is 3. The highest BCUT2D eigenvalue weighted by Gasteiger charge is 2.01. The maximum Gasteiger partial charge on any atom is 0.228 e. The molecule has 0 amide bonds. The fourth-order valence-corrected chi connectivity index (χ4v) is 1.24. The van der Waals surface area contributed by atoms with Gasteiger partial charge >= 0.3 is 0 Å². The molecule has 3 N–H and O–H groups in total. The summed E-state index contributed by atoms with van der Waals surface area (Å²) in [5, 5.41) is 6.72. The first-order chi connectivity index (χ1) is 8.08. The van der Waals surface area contributed by atoms with Crippen LogP contribution >= 0.6 is 0 Å². The second-order valence-corrected chi connectivity index (χ2v) is 4.36. The molecule has 0 aromatic carbocycles. The molecule has 0 bridgehead atoms. The SMILES string of the molecule is Cc1noc(CCNC(N)=NCCC(C)C)n1. The Hall–Kier alpha value is -1.59. The highest BCUT2D eigenvalue weighted by Crippen LogP contribution is 1.98. The molecule has 0 aliphatic heterocycles. The molecule has 1 heterocycles. The van der Waals surface area contributed by atoms with Crippen molar-refractivity contribution in [3.05, 3.63) is 11.7 Å². The summed E-state index contributed by atoms with van der Waals surface area (Å²) in [6.07, 6.45) is 1.70. The summed E-state index contributed by atoms with van der Waals surface area (Å²) in [4.78, 5) is 8.31. The zero-order chi connectivity index (χ0) is 12.7. The Morgan fingerprint density at radius 3 is 2.88 bits per heavy atom. The van der Waals surface area contributed by atoms with Gasteiger partial charge in [-0.1, -0.05) is 19.0 Å². The first kappa shape index (κ1) is 13.5. The van der Waals surface area contributed by atoms with Gasteiger partial charge in [0.25, 0.3) is 0 Å². The van der Waals surface area contributed by atoms with Crippen molar-refractivity contribution in [1.82, 2.24) is 15.5 Å². The first-order valence-electron chi connectivity index (χ1n) is 5.91. The lowest BCUT2D eigenvalue weighted by atomic mass is 10.1. The largest absolute Gasteiger partial charge is 0.370 e. The number of hydrogen-bond acceptors (Lipinski definition) is 4. The summed E-state index contributed by atoms with van der Waals surface area (Å²) in [7, 11) is 0. The van der Waals surface area contributed by atoms with Crippen LogP contribution in [0.1, 0.15) is 32.0 Å². The minimum Gasteiger partial charge on any atom is -0.370 e. The molecule has 96 valence electrons. The van der Waals surface area contributed by atoms with Crippen LogP contribution in [0.4, 0.5) is 0 Å². The number of aromatic nitrogens is 2. The number of rotatable bonds is 6. The molecule has 6 nitrogen and oxygen atoms in total. The van der Waals surface area contributed by atoms with Crippen molar-refractivity contribution in [1.29, 1.82) is 0 Å². The Labute approximate surface area is 102 Å². The third-order valence-corrected chi connectivity index (χ3v) is 2.20. The van der Waals surface area contributed by atoms with Crippen molar-refractivity contribution in [2.24, 2.45) is 16.6 Å². The van der Waals surface area contributed by atoms with Crippen molar-refractivity contribution in [3.63, 3.8) is 0 Å². The van der Waals surface area contributed by atoms with Crippen LogP contribution in [0.2, 0.25) is 0 Å². The van der Waals surface area contributed by atoms with E-state index >= 15 is 0 Å². The summed E-state index contributed by atoms with van der Waals surface area (Å²) in [5.74, 6) is 2.39. The predicted molar refractivity (Wildman–Crippen MR) is 66.7 cm³/mol. The quantitative estimate of drug-likeness (QED) is 0.568. The Morgan fingerprint density at radius 1 is 1.53 bits per heavy atom. The molecule has 0 unspecified atom stereocenters. The molecule has 17 heavy (non-hydrogen) atoms. The van der Waals surface area contributed by atoms with Crippen LogP contribution in [0.3, 0.4) is 0 Å². The van der Waals surface area contributed by atoms with Gasteiger partial charge in [0.15, 0.2) is 11.8 Å². The zero-order valence-electron chi connectivity index (χ0n) is 10.7. The highest BCUT2D eigenvalue weighted by molar-refractivity contribution is 5.77. The second kappa shape index (κ2) is 6.88. The lowest BCUT2D eigenvalue weighted by Gasteiger charge is -2.04. The van der Waals surface area contributed by atoms with Crippen molar-refractivity contribution >= 4 is 5.96 Å². The molecule has 0 aliphatic carbocycles. The van der Waals surface area contributed by atoms with Gasteiger partial charge in [0.2, 0.25) is 5.89 Å². The maximum absolute atomic E-state index is 5.70. The number of hydrogen-bond donors (Lipinski definition) is 2. The van der Waals surface area contributed by atoms with E-state index in [0.29, 0.717) is 36.6 Å². The highest BCUT2D eigenvalue weighted by atomic mass is 16.5. The standard InChI is InChI=1S/C11H21N5O/c1-8(2)4-6-13-11(12)14-7-5-10-15-9(3)16-17-10/h8H,4-7H2,1-3H3,(H3,12,13,14). The normalized spacial score (nSPS) is 12.1. The number of guanidine groups is 1. The summed E-state index contributed by atoms with van der Waals surface area (Å²) in [6, 6.07) is 0. The average Bonchev–Trinajstić information content (AvgIpc) is 2.63. The van der Waals surface area contributed by atoms with Crippen molar-refractivity contribution < 1.29 is 4.52 Å². The van der Waals surface area contributed by atoms with Crippen LogP contribution in [0, 0.1) is 12.8 Å². The lowest BCUT2D eigenvalue weighted by Crippen LogP contribution is -2.33. The van der Waals surface area contributed by atoms with E-state index in [2.05, 4.69) is 34.3 Å². The van der Waals surface area contributed by atoms with Gasteiger partial charge in [0, 0.05) is 19.5 Å². The molecular formula is C11H21N5O. The van der Waals surface area contributed by atoms with Crippen molar-refractivity contribution in [2.45, 2.75) is 33.6 Å². The van der Waals surface area contributed by atoms with Crippen molar-refractivity contribution in [3.8, 4) is 0 Å². The molecular weight excluding hydrogens is 218 g/mol. The molecule has 0 radical (unpaired) electrons. The molecule has 0 spiro atoms. The number of nitrogens with one attached hydrogen (secondary N) is 1. The number of nitrogens with two attached hydrogens (primary N) is 1. The Bertz CT molecular complexity index is 358. The fraction of sp³-hybridized carbons (Fsp3) is 0.727. The van der Waals surface area contributed by atoms with Crippen LogP contribution in [0.15, 0.2) is 9.52 Å². The Balaban J connectivity index is 2.17. The van der Waals surface area contributed by atoms with Gasteiger partial charge in [-0.05, 0) is 19.3 Å². The minimum absolute atomic E-state index is 0.474. The summed E-state index contributed by atoms with van der Waals surface area (Å²) in [6.45, 7) is 7.53. The third kappa shape index (κ3) is 5.89. The van der Waals surface area contributed by atoms with E-state index in [-0.39, 0.29) is 0 Å². The van der Waals surface area contributed by atoms with Crippen LogP contribution in [0.5, 0.6) is 0 Å². The first-order valence-corrected chi connectivity index (χ1v) is 5.91. The van der Waals surface area contributed by atoms with Gasteiger partial charge in [-0.2, -0.15) is 4.98 Å². The molecule has 0 saturated carbocycles. The third-order valence-electron chi connectivity index (χ3n) is 2.20. The molecule has 1 rings (SSSR count). The molecule has 1 aromatic heterocycles. The van der Waals surface area contributed by atoms with Crippen molar-refractivity contribution in [2.75, 3.05) is 13.1 Å². The molecule has 0 saturated heterocycles. The second-order valence-electron chi connectivity index (χ2n) is 4.36. The predicted octanol–water partition coefficient (Wildman–Crippen LogP) is 0.871. The van der Waals surface area contributed by atoms with E-state index in [4.69, 9.17) is 10.3 Å². The van der Waals surface area contributed by atoms with E-state index in [0.717, 1.165) is 13.0 Å². The number of aryl methyl sites for hydroxylation is 1. The van der Waals surface area contributed by atoms with Gasteiger partial charge in [0.1, 0.15) is 0 Å². The van der Waals surface area contributed by atoms with Gasteiger partial charge in [-0.3, -0.25) is 4.99 Å². The van der Waals surface area contributed by atoms with Crippen LogP contribution < -0.4 is 11.1 Å². The van der Waals surface area contributed by atoms with E-state index in [1.165, 1.54) is 0 Å². The smallest absolute Gasteiger partial charge is 0.228 e. The Kier molecular flexibility index (Phi) is 5.45. The average molecular weight is 239 g/mol. The van der Waals surface area contributed by atoms with Crippen LogP contribution in [-0.2, 0) is 6.42 Å². The number of aliphatic imine (C=N–C) groups is 1. The maximum atomic E-state index is 5.70. The van der Waals surface area contributed by atoms with Gasteiger partial charge in [-0.25, -0.2) is 0 Å². The van der Waals surface area contributed by atoms with Crippen LogP contribution in [-0.4, -0.2) is 29.2 Å². The summed E-state index contributed by atoms with van der Waals surface area (Å²) >= 11 is 0. The van der Waals surface area contributed by atoms with E-state index in [9.17, 15) is 0 Å². The van der Waals surface area contributed by atoms with E-state index in [1.54, 1.807) is 6.92 Å². The van der Waals surface area contributed by atoms with Gasteiger partial charge in [0.05, 0.1) is 0 Å². The minimum atomic E-state index is 0.474. The molecule has 0 aliphatic rings. The summed E-state index contributed by atoms with van der Waals surface area (Å²) in [5.41, 5.74) is 5.70. The molecule has 6 heteroatoms. The molecule has 1 aromatic rings. The monoisotopic (exact) mass is 239 g/mol. The topological polar surface area (TPSA) is 89.3 Å². The van der Waals surface area contributed by atoms with E-state index < -0.39 is 0 Å². The fourth-order valence-electron chi connectivity index (χ4n) is 1.24. The summed E-state index contributed by atoms with van der Waals surface area (Å²) < 4.78 is 4.98. The Morgan fingerprint density at radius 2 is 2.29 bits per heavy atom. The molecule has 0 fully saturated rings. The zero-order valence-corrected chi connectivity index (χ0v) is 10.7.